The maximum atomic E-state index is 6.10. The van der Waals surface area contributed by atoms with Crippen LogP contribution in [0.5, 0.6) is 0 Å². The smallest absolute Gasteiger partial charge is 0.0494 e. The molecule has 98 valence electrons. The Morgan fingerprint density at radius 3 is 2.79 bits per heavy atom. The third kappa shape index (κ3) is 2.28. The van der Waals surface area contributed by atoms with Gasteiger partial charge in [0.25, 0.3) is 0 Å². The van der Waals surface area contributed by atoms with Crippen LogP contribution in [-0.2, 0) is 12.3 Å². The number of hydrogen-bond acceptors (Lipinski definition) is 1. The van der Waals surface area contributed by atoms with E-state index < -0.39 is 0 Å². The van der Waals surface area contributed by atoms with Crippen molar-refractivity contribution in [1.29, 1.82) is 0 Å². The predicted molar refractivity (Wildman–Crippen MR) is 85.4 cm³/mol. The van der Waals surface area contributed by atoms with Crippen molar-refractivity contribution in [3.63, 3.8) is 0 Å². The minimum atomic E-state index is 0.466. The molecule has 1 nitrogen and oxygen atoms in total. The molecule has 0 saturated carbocycles. The molecule has 0 radical (unpaired) electrons. The second-order valence-corrected chi connectivity index (χ2v) is 6.14. The van der Waals surface area contributed by atoms with Crippen LogP contribution in [0.15, 0.2) is 46.9 Å². The van der Waals surface area contributed by atoms with Gasteiger partial charge < -0.3 is 4.90 Å². The van der Waals surface area contributed by atoms with Crippen molar-refractivity contribution >= 4 is 38.9 Å². The molecule has 3 heteroatoms. The van der Waals surface area contributed by atoms with E-state index in [1.54, 1.807) is 0 Å². The van der Waals surface area contributed by atoms with Crippen molar-refractivity contribution in [2.45, 2.75) is 25.3 Å². The van der Waals surface area contributed by atoms with E-state index in [1.165, 1.54) is 22.5 Å². The van der Waals surface area contributed by atoms with E-state index in [0.717, 1.165) is 10.9 Å². The molecule has 2 aromatic rings. The van der Waals surface area contributed by atoms with Gasteiger partial charge in [0.15, 0.2) is 0 Å². The van der Waals surface area contributed by atoms with E-state index in [-0.39, 0.29) is 0 Å². The fraction of sp³-hybridized carbons (Fsp3) is 0.250. The maximum absolute atomic E-state index is 6.10. The summed E-state index contributed by atoms with van der Waals surface area (Å²) in [6, 6.07) is 15.4. The number of fused-ring (bicyclic) bond motifs is 1. The van der Waals surface area contributed by atoms with E-state index >= 15 is 0 Å². The second-order valence-electron chi connectivity index (χ2n) is 4.96. The third-order valence-corrected chi connectivity index (χ3v) is 4.44. The van der Waals surface area contributed by atoms with Gasteiger partial charge in [-0.05, 0) is 42.7 Å². The Labute approximate surface area is 127 Å². The zero-order valence-electron chi connectivity index (χ0n) is 10.7. The molecule has 1 aliphatic rings. The van der Waals surface area contributed by atoms with Gasteiger partial charge in [0.1, 0.15) is 0 Å². The Kier molecular flexibility index (Phi) is 3.55. The van der Waals surface area contributed by atoms with Crippen molar-refractivity contribution in [3.8, 4) is 0 Å². The molecule has 0 spiro atoms. The first-order valence-electron chi connectivity index (χ1n) is 6.42. The Balaban J connectivity index is 2.14. The number of anilines is 2. The molecule has 0 bridgehead atoms. The van der Waals surface area contributed by atoms with E-state index in [1.807, 2.05) is 6.07 Å². The third-order valence-electron chi connectivity index (χ3n) is 3.66. The topological polar surface area (TPSA) is 3.24 Å². The summed E-state index contributed by atoms with van der Waals surface area (Å²) < 4.78 is 1.09. The van der Waals surface area contributed by atoms with Crippen LogP contribution in [0.2, 0.25) is 0 Å². The first-order valence-corrected chi connectivity index (χ1v) is 7.75. The van der Waals surface area contributed by atoms with Gasteiger partial charge in [-0.25, -0.2) is 0 Å². The van der Waals surface area contributed by atoms with Crippen LogP contribution >= 0.6 is 27.5 Å². The largest absolute Gasteiger partial charge is 0.338 e. The average molecular weight is 337 g/mol. The lowest BCUT2D eigenvalue weighted by Gasteiger charge is -2.27. The fourth-order valence-electron chi connectivity index (χ4n) is 2.81. The van der Waals surface area contributed by atoms with Crippen LogP contribution < -0.4 is 4.90 Å². The van der Waals surface area contributed by atoms with Gasteiger partial charge in [0, 0.05) is 27.8 Å². The van der Waals surface area contributed by atoms with Crippen molar-refractivity contribution in [2.24, 2.45) is 0 Å². The zero-order valence-corrected chi connectivity index (χ0v) is 13.1. The fourth-order valence-corrected chi connectivity index (χ4v) is 3.38. The molecule has 1 atom stereocenters. The molecule has 3 rings (SSSR count). The number of halogens is 2. The molecule has 1 aliphatic heterocycles. The van der Waals surface area contributed by atoms with Crippen LogP contribution in [0.3, 0.4) is 0 Å². The van der Waals surface area contributed by atoms with Crippen molar-refractivity contribution < 1.29 is 0 Å². The van der Waals surface area contributed by atoms with Crippen LogP contribution in [0.4, 0.5) is 11.4 Å². The number of nitrogens with zero attached hydrogens (tertiary/aromatic N) is 1. The highest BCUT2D eigenvalue weighted by atomic mass is 79.9. The van der Waals surface area contributed by atoms with E-state index in [4.69, 9.17) is 11.6 Å². The van der Waals surface area contributed by atoms with E-state index in [9.17, 15) is 0 Å². The molecular formula is C16H15BrClN. The summed E-state index contributed by atoms with van der Waals surface area (Å²) in [4.78, 5) is 2.40. The van der Waals surface area contributed by atoms with Crippen LogP contribution in [0.25, 0.3) is 0 Å². The summed E-state index contributed by atoms with van der Waals surface area (Å²) >= 11 is 9.66. The highest BCUT2D eigenvalue weighted by Gasteiger charge is 2.28. The summed E-state index contributed by atoms with van der Waals surface area (Å²) in [5.41, 5.74) is 5.10. The molecule has 0 fully saturated rings. The lowest BCUT2D eigenvalue weighted by atomic mass is 10.1. The van der Waals surface area contributed by atoms with Crippen LogP contribution in [0.1, 0.15) is 18.1 Å². The number of alkyl halides is 1. The summed E-state index contributed by atoms with van der Waals surface area (Å²) in [5, 5.41) is 0. The number of hydrogen-bond donors (Lipinski definition) is 0. The monoisotopic (exact) mass is 335 g/mol. The Morgan fingerprint density at radius 2 is 2.00 bits per heavy atom. The molecule has 19 heavy (non-hydrogen) atoms. The summed E-state index contributed by atoms with van der Waals surface area (Å²) in [5.74, 6) is 0.536. The zero-order chi connectivity index (χ0) is 13.4. The first kappa shape index (κ1) is 13.0. The number of benzene rings is 2. The number of para-hydroxylation sites is 1. The average Bonchev–Trinajstić information content (AvgIpc) is 2.74. The first-order chi connectivity index (χ1) is 9.20. The minimum absolute atomic E-state index is 0.466. The van der Waals surface area contributed by atoms with Gasteiger partial charge >= 0.3 is 0 Å². The van der Waals surface area contributed by atoms with Gasteiger partial charge in [-0.15, -0.1) is 11.6 Å². The van der Waals surface area contributed by atoms with Crippen molar-refractivity contribution in [1.82, 2.24) is 0 Å². The summed E-state index contributed by atoms with van der Waals surface area (Å²) in [6.07, 6.45) is 1.09. The van der Waals surface area contributed by atoms with Crippen molar-refractivity contribution in [3.05, 3.63) is 58.1 Å². The van der Waals surface area contributed by atoms with Gasteiger partial charge in [0.05, 0.1) is 0 Å². The quantitative estimate of drug-likeness (QED) is 0.675. The standard InChI is InChI=1S/C16H15BrClN/c1-11-8-12-4-2-3-5-15(12)19(11)16-9-14(17)7-6-13(16)10-18/h2-7,9,11H,8,10H2,1H3. The second kappa shape index (κ2) is 5.18. The lowest BCUT2D eigenvalue weighted by molar-refractivity contribution is 0.756. The van der Waals surface area contributed by atoms with Gasteiger partial charge in [0.2, 0.25) is 0 Å². The Hall–Kier alpha value is -0.990. The molecule has 1 heterocycles. The van der Waals surface area contributed by atoms with E-state index in [0.29, 0.717) is 11.9 Å². The number of rotatable bonds is 2. The van der Waals surface area contributed by atoms with Crippen LogP contribution in [0, 0.1) is 0 Å². The Morgan fingerprint density at radius 1 is 1.21 bits per heavy atom. The van der Waals surface area contributed by atoms with Gasteiger partial charge in [-0.2, -0.15) is 0 Å². The molecule has 0 N–H and O–H groups in total. The van der Waals surface area contributed by atoms with Gasteiger partial charge in [-0.3, -0.25) is 0 Å². The molecule has 1 unspecified atom stereocenters. The summed E-state index contributed by atoms with van der Waals surface area (Å²) in [6.45, 7) is 2.26. The molecule has 0 amide bonds. The highest BCUT2D eigenvalue weighted by molar-refractivity contribution is 9.10. The van der Waals surface area contributed by atoms with Gasteiger partial charge in [-0.1, -0.05) is 40.2 Å². The van der Waals surface area contributed by atoms with E-state index in [2.05, 4.69) is 64.2 Å². The maximum Gasteiger partial charge on any atom is 0.0494 e. The molecule has 0 aliphatic carbocycles. The molecule has 0 aromatic heterocycles. The Bertz CT molecular complexity index is 611. The molecule has 2 aromatic carbocycles. The van der Waals surface area contributed by atoms with Crippen molar-refractivity contribution in [2.75, 3.05) is 4.90 Å². The van der Waals surface area contributed by atoms with Crippen LogP contribution in [-0.4, -0.2) is 6.04 Å². The normalized spacial score (nSPS) is 17.6. The SMILES string of the molecule is CC1Cc2ccccc2N1c1cc(Br)ccc1CCl. The highest BCUT2D eigenvalue weighted by Crippen LogP contribution is 2.40. The predicted octanol–water partition coefficient (Wildman–Crippen LogP) is 5.27. The molecule has 0 saturated heterocycles. The summed E-state index contributed by atoms with van der Waals surface area (Å²) in [7, 11) is 0. The minimum Gasteiger partial charge on any atom is -0.338 e. The lowest BCUT2D eigenvalue weighted by Crippen LogP contribution is -2.24. The molecular weight excluding hydrogens is 322 g/mol.